The summed E-state index contributed by atoms with van der Waals surface area (Å²) >= 11 is 0. The number of amides is 1. The monoisotopic (exact) mass is 465 g/mol. The summed E-state index contributed by atoms with van der Waals surface area (Å²) in [6.45, 7) is 6.05. The Balaban J connectivity index is 1.60. The summed E-state index contributed by atoms with van der Waals surface area (Å²) in [4.78, 5) is 18.3. The van der Waals surface area contributed by atoms with Crippen LogP contribution in [0.25, 0.3) is 11.4 Å². The fourth-order valence-corrected chi connectivity index (χ4v) is 4.26. The standard InChI is InChI=1S/C28H27N5O2/c1-17-10-11-21(16-18(17)2)26-31-28-29-19(3)24(27(34)30-22-8-6-5-7-9-22)25(33(28)32-26)20-12-14-23(35-4)15-13-20/h5-16,25H,1-4H3,(H,30,34)(H,29,31,32). The lowest BCUT2D eigenvalue weighted by Crippen LogP contribution is -2.31. The van der Waals surface area contributed by atoms with Gasteiger partial charge in [-0.1, -0.05) is 42.5 Å². The molecule has 3 aromatic carbocycles. The van der Waals surface area contributed by atoms with E-state index in [2.05, 4.69) is 36.6 Å². The average molecular weight is 466 g/mol. The van der Waals surface area contributed by atoms with E-state index in [1.54, 1.807) is 11.8 Å². The van der Waals surface area contributed by atoms with Gasteiger partial charge in [0, 0.05) is 16.9 Å². The number of aromatic nitrogens is 3. The van der Waals surface area contributed by atoms with Crippen LogP contribution in [0.5, 0.6) is 5.75 Å². The van der Waals surface area contributed by atoms with Crippen LogP contribution in [0.1, 0.15) is 29.7 Å². The lowest BCUT2D eigenvalue weighted by atomic mass is 9.95. The summed E-state index contributed by atoms with van der Waals surface area (Å²) in [5.41, 5.74) is 6.25. The van der Waals surface area contributed by atoms with Gasteiger partial charge in [0.15, 0.2) is 5.82 Å². The topological polar surface area (TPSA) is 81.1 Å². The highest BCUT2D eigenvalue weighted by molar-refractivity contribution is 6.06. The summed E-state index contributed by atoms with van der Waals surface area (Å²) in [7, 11) is 1.63. The van der Waals surface area contributed by atoms with E-state index in [1.807, 2.05) is 67.6 Å². The number of carbonyl (C=O) groups is 1. The molecule has 2 N–H and O–H groups in total. The summed E-state index contributed by atoms with van der Waals surface area (Å²) in [6.07, 6.45) is 0. The van der Waals surface area contributed by atoms with Crippen LogP contribution < -0.4 is 15.4 Å². The Morgan fingerprint density at radius 2 is 1.71 bits per heavy atom. The van der Waals surface area contributed by atoms with Crippen LogP contribution in [0.2, 0.25) is 0 Å². The van der Waals surface area contributed by atoms with Gasteiger partial charge in [0.1, 0.15) is 11.8 Å². The van der Waals surface area contributed by atoms with Gasteiger partial charge in [-0.05, 0) is 67.8 Å². The van der Waals surface area contributed by atoms with Crippen LogP contribution >= 0.6 is 0 Å². The second kappa shape index (κ2) is 9.10. The summed E-state index contributed by atoms with van der Waals surface area (Å²) in [5, 5.41) is 11.2. The first-order valence-electron chi connectivity index (χ1n) is 11.5. The van der Waals surface area contributed by atoms with Crippen LogP contribution in [-0.4, -0.2) is 27.8 Å². The van der Waals surface area contributed by atoms with Gasteiger partial charge in [-0.3, -0.25) is 4.79 Å². The molecule has 0 radical (unpaired) electrons. The fraction of sp³-hybridized carbons (Fsp3) is 0.179. The third kappa shape index (κ3) is 4.28. The van der Waals surface area contributed by atoms with Crippen molar-refractivity contribution in [3.05, 3.63) is 101 Å². The Kier molecular flexibility index (Phi) is 5.82. The van der Waals surface area contributed by atoms with Gasteiger partial charge in [0.25, 0.3) is 5.91 Å². The van der Waals surface area contributed by atoms with Crippen LogP contribution in [-0.2, 0) is 4.79 Å². The van der Waals surface area contributed by atoms with E-state index in [1.165, 1.54) is 11.1 Å². The van der Waals surface area contributed by atoms with Gasteiger partial charge in [0.05, 0.1) is 12.7 Å². The predicted molar refractivity (Wildman–Crippen MR) is 137 cm³/mol. The van der Waals surface area contributed by atoms with Crippen molar-refractivity contribution in [1.29, 1.82) is 0 Å². The number of nitrogens with one attached hydrogen (secondary N) is 2. The van der Waals surface area contributed by atoms with Crippen molar-refractivity contribution in [3.8, 4) is 17.1 Å². The Labute approximate surface area is 204 Å². The fourth-order valence-electron chi connectivity index (χ4n) is 4.26. The lowest BCUT2D eigenvalue weighted by molar-refractivity contribution is -0.113. The molecule has 1 unspecified atom stereocenters. The second-order valence-corrected chi connectivity index (χ2v) is 8.66. The Morgan fingerprint density at radius 1 is 0.971 bits per heavy atom. The zero-order chi connectivity index (χ0) is 24.5. The first-order valence-corrected chi connectivity index (χ1v) is 11.5. The molecule has 1 amide bonds. The molecule has 2 heterocycles. The Morgan fingerprint density at radius 3 is 2.40 bits per heavy atom. The second-order valence-electron chi connectivity index (χ2n) is 8.66. The third-order valence-electron chi connectivity index (χ3n) is 6.33. The molecule has 7 nitrogen and oxygen atoms in total. The molecule has 0 spiro atoms. The maximum absolute atomic E-state index is 13.6. The van der Waals surface area contributed by atoms with E-state index in [9.17, 15) is 4.79 Å². The molecular weight excluding hydrogens is 438 g/mol. The van der Waals surface area contributed by atoms with E-state index >= 15 is 0 Å². The highest BCUT2D eigenvalue weighted by Gasteiger charge is 2.34. The van der Waals surface area contributed by atoms with Gasteiger partial charge in [-0.2, -0.15) is 4.98 Å². The first-order chi connectivity index (χ1) is 16.9. The van der Waals surface area contributed by atoms with Crippen LogP contribution in [0.3, 0.4) is 0 Å². The number of carbonyl (C=O) groups excluding carboxylic acids is 1. The van der Waals surface area contributed by atoms with E-state index in [4.69, 9.17) is 14.8 Å². The van der Waals surface area contributed by atoms with Gasteiger partial charge in [-0.25, -0.2) is 4.68 Å². The minimum absolute atomic E-state index is 0.198. The van der Waals surface area contributed by atoms with E-state index in [0.29, 0.717) is 17.3 Å². The number of para-hydroxylation sites is 1. The number of benzene rings is 3. The van der Waals surface area contributed by atoms with Crippen molar-refractivity contribution >= 4 is 17.5 Å². The lowest BCUT2D eigenvalue weighted by Gasteiger charge is -2.28. The number of anilines is 2. The van der Waals surface area contributed by atoms with Crippen molar-refractivity contribution in [2.75, 3.05) is 17.7 Å². The van der Waals surface area contributed by atoms with Crippen molar-refractivity contribution in [2.45, 2.75) is 26.8 Å². The van der Waals surface area contributed by atoms with Gasteiger partial charge >= 0.3 is 0 Å². The summed E-state index contributed by atoms with van der Waals surface area (Å²) < 4.78 is 7.14. The number of nitrogens with zero attached hydrogens (tertiary/aromatic N) is 3. The first kappa shape index (κ1) is 22.4. The maximum Gasteiger partial charge on any atom is 0.255 e. The zero-order valence-corrected chi connectivity index (χ0v) is 20.2. The van der Waals surface area contributed by atoms with E-state index < -0.39 is 6.04 Å². The zero-order valence-electron chi connectivity index (χ0n) is 20.2. The largest absolute Gasteiger partial charge is 0.497 e. The number of allylic oxidation sites excluding steroid dienone is 1. The molecule has 0 saturated heterocycles. The van der Waals surface area contributed by atoms with Crippen LogP contribution in [0.15, 0.2) is 84.1 Å². The quantitative estimate of drug-likeness (QED) is 0.407. The van der Waals surface area contributed by atoms with Gasteiger partial charge < -0.3 is 15.4 Å². The van der Waals surface area contributed by atoms with Crippen LogP contribution in [0.4, 0.5) is 11.6 Å². The maximum atomic E-state index is 13.6. The smallest absolute Gasteiger partial charge is 0.255 e. The number of fused-ring (bicyclic) bond motifs is 1. The van der Waals surface area contributed by atoms with Crippen LogP contribution in [0, 0.1) is 13.8 Å². The number of methoxy groups -OCH3 is 1. The number of hydrogen-bond acceptors (Lipinski definition) is 5. The minimum atomic E-state index is -0.464. The highest BCUT2D eigenvalue weighted by Crippen LogP contribution is 2.37. The van der Waals surface area contributed by atoms with Gasteiger partial charge in [0.2, 0.25) is 5.95 Å². The summed E-state index contributed by atoms with van der Waals surface area (Å²) in [5.74, 6) is 1.74. The Hall–Kier alpha value is -4.39. The number of rotatable bonds is 5. The highest BCUT2D eigenvalue weighted by atomic mass is 16.5. The van der Waals surface area contributed by atoms with Crippen molar-refractivity contribution in [3.63, 3.8) is 0 Å². The molecule has 1 aliphatic rings. The molecule has 0 bridgehead atoms. The Bertz CT molecular complexity index is 1420. The molecule has 1 atom stereocenters. The normalized spacial score (nSPS) is 14.8. The molecular formula is C28H27N5O2. The van der Waals surface area contributed by atoms with Crippen molar-refractivity contribution in [2.24, 2.45) is 0 Å². The van der Waals surface area contributed by atoms with E-state index in [-0.39, 0.29) is 5.91 Å². The third-order valence-corrected chi connectivity index (χ3v) is 6.33. The van der Waals surface area contributed by atoms with Gasteiger partial charge in [-0.15, -0.1) is 5.10 Å². The molecule has 35 heavy (non-hydrogen) atoms. The molecule has 1 aromatic heterocycles. The molecule has 0 aliphatic carbocycles. The predicted octanol–water partition coefficient (Wildman–Crippen LogP) is 5.50. The SMILES string of the molecule is COc1ccc(C2C(C(=O)Nc3ccccc3)=C(C)Nc3nc(-c4ccc(C)c(C)c4)nn32)cc1. The minimum Gasteiger partial charge on any atom is -0.497 e. The van der Waals surface area contributed by atoms with Crippen molar-refractivity contribution < 1.29 is 9.53 Å². The molecule has 0 saturated carbocycles. The molecule has 1 aliphatic heterocycles. The average Bonchev–Trinajstić information content (AvgIpc) is 3.29. The molecule has 0 fully saturated rings. The molecule has 4 aromatic rings. The molecule has 7 heteroatoms. The summed E-state index contributed by atoms with van der Waals surface area (Å²) in [6, 6.07) is 22.8. The molecule has 176 valence electrons. The number of aryl methyl sites for hydroxylation is 2. The molecule has 5 rings (SSSR count). The number of hydrogen-bond donors (Lipinski definition) is 2. The van der Waals surface area contributed by atoms with E-state index in [0.717, 1.165) is 28.3 Å². The number of ether oxygens (including phenoxy) is 1. The van der Waals surface area contributed by atoms with Crippen molar-refractivity contribution in [1.82, 2.24) is 14.8 Å².